The van der Waals surface area contributed by atoms with Gasteiger partial charge in [0.15, 0.2) is 0 Å². The first kappa shape index (κ1) is 23.8. The van der Waals surface area contributed by atoms with Gasteiger partial charge >= 0.3 is 0 Å². The van der Waals surface area contributed by atoms with Gasteiger partial charge in [0, 0.05) is 12.6 Å². The van der Waals surface area contributed by atoms with Crippen molar-refractivity contribution in [1.82, 2.24) is 4.90 Å². The minimum absolute atomic E-state index is 0.0909. The molecule has 0 atom stereocenters. The lowest BCUT2D eigenvalue weighted by atomic mass is 10.2. The summed E-state index contributed by atoms with van der Waals surface area (Å²) in [5.74, 6) is 0.593. The van der Waals surface area contributed by atoms with E-state index in [1.165, 1.54) is 0 Å². The van der Waals surface area contributed by atoms with Crippen molar-refractivity contribution >= 4 is 11.7 Å². The minimum atomic E-state index is -0.0909. The average molecular weight is 329 g/mol. The van der Waals surface area contributed by atoms with E-state index in [9.17, 15) is 4.79 Å². The van der Waals surface area contributed by atoms with Gasteiger partial charge in [-0.1, -0.05) is 76.3 Å². The molecule has 3 heteroatoms. The number of benzene rings is 1. The second-order valence-corrected chi connectivity index (χ2v) is 4.45. The molecule has 0 saturated carbocycles. The van der Waals surface area contributed by atoms with Gasteiger partial charge in [0.05, 0.1) is 0 Å². The third kappa shape index (κ3) is 7.73. The van der Waals surface area contributed by atoms with Crippen molar-refractivity contribution in [3.8, 4) is 0 Å². The van der Waals surface area contributed by atoms with Gasteiger partial charge in [-0.2, -0.15) is 0 Å². The predicted molar refractivity (Wildman–Crippen MR) is 107 cm³/mol. The molecule has 3 nitrogen and oxygen atoms in total. The topological polar surface area (TPSA) is 32.7 Å². The molecule has 2 rings (SSSR count). The van der Waals surface area contributed by atoms with Crippen molar-refractivity contribution in [2.45, 2.75) is 41.5 Å². The number of hydrogen-bond acceptors (Lipinski definition) is 2. The number of amidine groups is 1. The molecular formula is C21H32N2O. The molecule has 1 aromatic carbocycles. The number of aliphatic imine (C=N–C) groups is 1. The lowest BCUT2D eigenvalue weighted by molar-refractivity contribution is -0.121. The molecular weight excluding hydrogens is 296 g/mol. The Hall–Kier alpha value is -2.42. The van der Waals surface area contributed by atoms with Crippen LogP contribution in [0.2, 0.25) is 0 Å². The predicted octanol–water partition coefficient (Wildman–Crippen LogP) is 5.61. The van der Waals surface area contributed by atoms with Crippen LogP contribution in [0.3, 0.4) is 0 Å². The molecule has 0 spiro atoms. The zero-order chi connectivity index (χ0) is 19.1. The van der Waals surface area contributed by atoms with E-state index in [2.05, 4.69) is 18.2 Å². The van der Waals surface area contributed by atoms with E-state index in [1.54, 1.807) is 24.1 Å². The van der Waals surface area contributed by atoms with Crippen LogP contribution in [0, 0.1) is 0 Å². The number of carbonyl (C=O) groups is 1. The highest BCUT2D eigenvalue weighted by atomic mass is 16.2. The van der Waals surface area contributed by atoms with Crippen molar-refractivity contribution in [2.75, 3.05) is 7.05 Å². The minimum Gasteiger partial charge on any atom is -0.294 e. The van der Waals surface area contributed by atoms with Crippen molar-refractivity contribution in [1.29, 1.82) is 0 Å². The molecule has 132 valence electrons. The van der Waals surface area contributed by atoms with Crippen molar-refractivity contribution in [2.24, 2.45) is 4.99 Å². The zero-order valence-electron chi connectivity index (χ0n) is 16.3. The average Bonchev–Trinajstić information content (AvgIpc) is 2.88. The van der Waals surface area contributed by atoms with E-state index in [0.29, 0.717) is 11.5 Å². The lowest BCUT2D eigenvalue weighted by Crippen LogP contribution is -2.28. The summed E-state index contributed by atoms with van der Waals surface area (Å²) in [6.45, 7) is 18.9. The molecule has 0 aromatic heterocycles. The molecule has 0 saturated heterocycles. The molecule has 1 heterocycles. The summed E-state index contributed by atoms with van der Waals surface area (Å²) in [6.07, 6.45) is 3.45. The van der Waals surface area contributed by atoms with Crippen LogP contribution in [0.25, 0.3) is 0 Å². The molecule has 0 fully saturated rings. The van der Waals surface area contributed by atoms with E-state index in [-0.39, 0.29) is 5.91 Å². The second kappa shape index (κ2) is 14.2. The van der Waals surface area contributed by atoms with Crippen LogP contribution in [0.15, 0.2) is 71.9 Å². The van der Waals surface area contributed by atoms with Crippen LogP contribution < -0.4 is 0 Å². The smallest absolute Gasteiger partial charge is 0.277 e. The highest BCUT2D eigenvalue weighted by molar-refractivity contribution is 6.18. The number of amides is 1. The number of carbonyl (C=O) groups excluding carboxylic acids is 1. The molecule has 0 unspecified atom stereocenters. The maximum absolute atomic E-state index is 11.9. The number of rotatable bonds is 2. The Morgan fingerprint density at radius 1 is 1.12 bits per heavy atom. The van der Waals surface area contributed by atoms with Gasteiger partial charge in [-0.05, 0) is 19.9 Å². The van der Waals surface area contributed by atoms with Gasteiger partial charge < -0.3 is 0 Å². The van der Waals surface area contributed by atoms with Gasteiger partial charge in [-0.3, -0.25) is 9.69 Å². The molecule has 0 bridgehead atoms. The quantitative estimate of drug-likeness (QED) is 0.513. The summed E-state index contributed by atoms with van der Waals surface area (Å²) in [5.41, 5.74) is 2.20. The normalized spacial score (nSPS) is 13.5. The zero-order valence-corrected chi connectivity index (χ0v) is 16.3. The number of hydrogen-bond donors (Lipinski definition) is 0. The molecule has 1 aliphatic rings. The Morgan fingerprint density at radius 2 is 1.58 bits per heavy atom. The van der Waals surface area contributed by atoms with Crippen LogP contribution in [0.1, 0.15) is 47.1 Å². The summed E-state index contributed by atoms with van der Waals surface area (Å²) < 4.78 is 0. The van der Waals surface area contributed by atoms with E-state index in [4.69, 9.17) is 0 Å². The lowest BCUT2D eigenvalue weighted by Gasteiger charge is -2.11. The Labute approximate surface area is 148 Å². The maximum Gasteiger partial charge on any atom is 0.277 e. The van der Waals surface area contributed by atoms with Gasteiger partial charge in [0.1, 0.15) is 11.5 Å². The summed E-state index contributed by atoms with van der Waals surface area (Å²) in [7, 11) is 1.73. The Bertz CT molecular complexity index is 569. The van der Waals surface area contributed by atoms with Crippen molar-refractivity contribution in [3.05, 3.63) is 72.5 Å². The van der Waals surface area contributed by atoms with E-state index in [0.717, 1.165) is 11.1 Å². The van der Waals surface area contributed by atoms with Crippen molar-refractivity contribution in [3.63, 3.8) is 0 Å². The fourth-order valence-corrected chi connectivity index (χ4v) is 1.68. The van der Waals surface area contributed by atoms with E-state index in [1.807, 2.05) is 71.9 Å². The molecule has 0 radical (unpaired) electrons. The Morgan fingerprint density at radius 3 is 2.00 bits per heavy atom. The van der Waals surface area contributed by atoms with Crippen molar-refractivity contribution < 1.29 is 4.79 Å². The third-order valence-electron chi connectivity index (χ3n) is 2.48. The first-order valence-electron chi connectivity index (χ1n) is 8.37. The SMILES string of the molecule is C=C(C)/C=C1\N=C(c2ccccc2)N(C)C1=O.C=CC.CC.CC. The summed E-state index contributed by atoms with van der Waals surface area (Å²) >= 11 is 0. The number of allylic oxidation sites excluding steroid dienone is 3. The third-order valence-corrected chi connectivity index (χ3v) is 2.48. The summed E-state index contributed by atoms with van der Waals surface area (Å²) in [4.78, 5) is 17.8. The highest BCUT2D eigenvalue weighted by Crippen LogP contribution is 2.18. The molecule has 1 amide bonds. The van der Waals surface area contributed by atoms with E-state index < -0.39 is 0 Å². The highest BCUT2D eigenvalue weighted by Gasteiger charge is 2.27. The largest absolute Gasteiger partial charge is 0.294 e. The Kier molecular flexibility index (Phi) is 14.1. The molecule has 0 N–H and O–H groups in total. The summed E-state index contributed by atoms with van der Waals surface area (Å²) in [6, 6.07) is 9.66. The molecule has 24 heavy (non-hydrogen) atoms. The van der Waals surface area contributed by atoms with E-state index >= 15 is 0 Å². The van der Waals surface area contributed by atoms with Crippen LogP contribution in [0.5, 0.6) is 0 Å². The monoisotopic (exact) mass is 328 g/mol. The fraction of sp³-hybridized carbons (Fsp3) is 0.333. The molecule has 0 aliphatic carbocycles. The second-order valence-electron chi connectivity index (χ2n) is 4.45. The van der Waals surface area contributed by atoms with Crippen LogP contribution in [0.4, 0.5) is 0 Å². The molecule has 1 aromatic rings. The standard InChI is InChI=1S/C14H14N2O.C3H6.2C2H6/c1-10(2)9-12-14(17)16(3)13(15-12)11-7-5-4-6-8-11;1-3-2;2*1-2/h4-9H,1H2,2-3H3;3H,1H2,2H3;2*1-2H3/b12-9-;;;. The van der Waals surface area contributed by atoms with Crippen LogP contribution in [-0.2, 0) is 4.79 Å². The fourth-order valence-electron chi connectivity index (χ4n) is 1.68. The van der Waals surface area contributed by atoms with Gasteiger partial charge in [0.25, 0.3) is 5.91 Å². The Balaban J connectivity index is 0. The van der Waals surface area contributed by atoms with Crippen LogP contribution >= 0.6 is 0 Å². The number of likely N-dealkylation sites (N-methyl/N-ethyl adjacent to an activating group) is 1. The molecule has 1 aliphatic heterocycles. The first-order valence-corrected chi connectivity index (χ1v) is 8.37. The van der Waals surface area contributed by atoms with Gasteiger partial charge in [-0.25, -0.2) is 4.99 Å². The van der Waals surface area contributed by atoms with Gasteiger partial charge in [-0.15, -0.1) is 6.58 Å². The van der Waals surface area contributed by atoms with Gasteiger partial charge in [0.2, 0.25) is 0 Å². The number of nitrogens with zero attached hydrogens (tertiary/aromatic N) is 2. The maximum atomic E-state index is 11.9. The van der Waals surface area contributed by atoms with Crippen LogP contribution in [-0.4, -0.2) is 23.7 Å². The first-order chi connectivity index (χ1) is 11.5. The summed E-state index contributed by atoms with van der Waals surface area (Å²) in [5, 5.41) is 0.